The van der Waals surface area contributed by atoms with E-state index in [1.165, 1.54) is 5.56 Å². The van der Waals surface area contributed by atoms with Gasteiger partial charge in [-0.25, -0.2) is 0 Å². The quantitative estimate of drug-likeness (QED) is 0.905. The number of hydrogen-bond acceptors (Lipinski definition) is 2. The Bertz CT molecular complexity index is 639. The number of benzene rings is 2. The van der Waals surface area contributed by atoms with Gasteiger partial charge < -0.3 is 10.5 Å². The highest BCUT2D eigenvalue weighted by Gasteiger charge is 2.19. The smallest absolute Gasteiger partial charge is 0.127 e. The van der Waals surface area contributed by atoms with E-state index < -0.39 is 0 Å². The van der Waals surface area contributed by atoms with Gasteiger partial charge in [-0.1, -0.05) is 41.9 Å². The zero-order chi connectivity index (χ0) is 14.1. The highest BCUT2D eigenvalue weighted by molar-refractivity contribution is 6.31. The van der Waals surface area contributed by atoms with Crippen molar-refractivity contribution in [1.82, 2.24) is 0 Å². The minimum atomic E-state index is -0.181. The fourth-order valence-electron chi connectivity index (χ4n) is 2.70. The Balaban J connectivity index is 2.02. The number of aryl methyl sites for hydroxylation is 2. The maximum Gasteiger partial charge on any atom is 0.127 e. The van der Waals surface area contributed by atoms with Crippen LogP contribution in [0.5, 0.6) is 5.75 Å². The monoisotopic (exact) mass is 287 g/mol. The first-order valence-corrected chi connectivity index (χ1v) is 7.31. The number of ether oxygens (including phenoxy) is 1. The minimum absolute atomic E-state index is 0.181. The summed E-state index contributed by atoms with van der Waals surface area (Å²) < 4.78 is 5.85. The summed E-state index contributed by atoms with van der Waals surface area (Å²) >= 11 is 6.08. The van der Waals surface area contributed by atoms with Crippen LogP contribution < -0.4 is 10.5 Å². The van der Waals surface area contributed by atoms with E-state index in [2.05, 4.69) is 24.3 Å². The molecule has 0 bridgehead atoms. The molecule has 0 saturated heterocycles. The fraction of sp³-hybridized carbons (Fsp3) is 0.294. The molecule has 2 N–H and O–H groups in total. The van der Waals surface area contributed by atoms with Crippen molar-refractivity contribution in [2.75, 3.05) is 6.61 Å². The zero-order valence-corrected chi connectivity index (χ0v) is 12.3. The molecular formula is C17H18ClNO. The van der Waals surface area contributed by atoms with Crippen LogP contribution in [-0.4, -0.2) is 6.61 Å². The van der Waals surface area contributed by atoms with Crippen molar-refractivity contribution in [2.45, 2.75) is 25.8 Å². The Morgan fingerprint density at radius 2 is 2.10 bits per heavy atom. The molecular weight excluding hydrogens is 270 g/mol. The summed E-state index contributed by atoms with van der Waals surface area (Å²) in [6.07, 6.45) is 2.14. The number of rotatable bonds is 2. The van der Waals surface area contributed by atoms with Gasteiger partial charge in [0.2, 0.25) is 0 Å². The molecule has 1 aliphatic rings. The first kappa shape index (κ1) is 13.5. The van der Waals surface area contributed by atoms with Crippen LogP contribution in [0.3, 0.4) is 0 Å². The van der Waals surface area contributed by atoms with E-state index >= 15 is 0 Å². The molecule has 3 heteroatoms. The molecule has 1 atom stereocenters. The van der Waals surface area contributed by atoms with Gasteiger partial charge in [-0.3, -0.25) is 0 Å². The average Bonchev–Trinajstić information content (AvgIpc) is 2.49. The first-order chi connectivity index (χ1) is 9.66. The fourth-order valence-corrected chi connectivity index (χ4v) is 2.82. The Hall–Kier alpha value is -1.51. The average molecular weight is 288 g/mol. The molecule has 1 heterocycles. The van der Waals surface area contributed by atoms with Gasteiger partial charge >= 0.3 is 0 Å². The lowest BCUT2D eigenvalue weighted by Gasteiger charge is -2.23. The standard InChI is InChI=1S/C17H18ClNO/c1-11-10-13(7-8-15(11)18)16(19)14-6-2-4-12-5-3-9-20-17(12)14/h2,4,6-8,10,16H,3,5,9,19H2,1H3. The highest BCUT2D eigenvalue weighted by Crippen LogP contribution is 2.35. The van der Waals surface area contributed by atoms with E-state index in [-0.39, 0.29) is 6.04 Å². The van der Waals surface area contributed by atoms with Gasteiger partial charge in [0.15, 0.2) is 0 Å². The number of fused-ring (bicyclic) bond motifs is 1. The third-order valence-corrected chi connectivity index (χ3v) is 4.26. The number of hydrogen-bond donors (Lipinski definition) is 1. The summed E-state index contributed by atoms with van der Waals surface area (Å²) in [6, 6.07) is 12.0. The van der Waals surface area contributed by atoms with Gasteiger partial charge in [0.05, 0.1) is 12.6 Å². The second-order valence-electron chi connectivity index (χ2n) is 5.27. The Labute approximate surface area is 124 Å². The predicted molar refractivity (Wildman–Crippen MR) is 82.5 cm³/mol. The van der Waals surface area contributed by atoms with Crippen LogP contribution in [0.25, 0.3) is 0 Å². The molecule has 0 aromatic heterocycles. The largest absolute Gasteiger partial charge is 0.493 e. The van der Waals surface area contributed by atoms with Crippen molar-refractivity contribution in [1.29, 1.82) is 0 Å². The van der Waals surface area contributed by atoms with Crippen molar-refractivity contribution < 1.29 is 4.74 Å². The van der Waals surface area contributed by atoms with E-state index in [4.69, 9.17) is 22.1 Å². The molecule has 2 nitrogen and oxygen atoms in total. The summed E-state index contributed by atoms with van der Waals surface area (Å²) in [5.74, 6) is 0.971. The maximum atomic E-state index is 6.44. The molecule has 0 fully saturated rings. The van der Waals surface area contributed by atoms with Crippen LogP contribution in [0.1, 0.15) is 34.7 Å². The molecule has 0 spiro atoms. The van der Waals surface area contributed by atoms with Crippen molar-refractivity contribution in [2.24, 2.45) is 5.73 Å². The van der Waals surface area contributed by atoms with Gasteiger partial charge in [0.1, 0.15) is 5.75 Å². The summed E-state index contributed by atoms with van der Waals surface area (Å²) in [6.45, 7) is 2.77. The SMILES string of the molecule is Cc1cc(C(N)c2cccc3c2OCCC3)ccc1Cl. The van der Waals surface area contributed by atoms with Crippen molar-refractivity contribution in [3.63, 3.8) is 0 Å². The molecule has 2 aromatic carbocycles. The van der Waals surface area contributed by atoms with Crippen molar-refractivity contribution in [3.05, 3.63) is 63.7 Å². The summed E-state index contributed by atoms with van der Waals surface area (Å²) in [5, 5.41) is 0.771. The second-order valence-corrected chi connectivity index (χ2v) is 5.68. The van der Waals surface area contributed by atoms with E-state index in [0.29, 0.717) is 0 Å². The van der Waals surface area contributed by atoms with Crippen LogP contribution in [0, 0.1) is 6.92 Å². The molecule has 2 aromatic rings. The summed E-state index contributed by atoms with van der Waals surface area (Å²) in [4.78, 5) is 0. The van der Waals surface area contributed by atoms with Crippen LogP contribution in [0.15, 0.2) is 36.4 Å². The summed E-state index contributed by atoms with van der Waals surface area (Å²) in [7, 11) is 0. The van der Waals surface area contributed by atoms with E-state index in [9.17, 15) is 0 Å². The topological polar surface area (TPSA) is 35.2 Å². The number of para-hydroxylation sites is 1. The Morgan fingerprint density at radius 1 is 1.25 bits per heavy atom. The lowest BCUT2D eigenvalue weighted by molar-refractivity contribution is 0.284. The van der Waals surface area contributed by atoms with Crippen molar-refractivity contribution in [3.8, 4) is 5.75 Å². The molecule has 104 valence electrons. The maximum absolute atomic E-state index is 6.44. The third kappa shape index (κ3) is 2.41. The second kappa shape index (κ2) is 5.47. The third-order valence-electron chi connectivity index (χ3n) is 3.84. The predicted octanol–water partition coefficient (Wildman–Crippen LogP) is 4.02. The summed E-state index contributed by atoms with van der Waals surface area (Å²) in [5.41, 5.74) is 10.9. The molecule has 0 aliphatic carbocycles. The van der Waals surface area contributed by atoms with Gasteiger partial charge in [0, 0.05) is 10.6 Å². The van der Waals surface area contributed by atoms with E-state index in [0.717, 1.165) is 46.9 Å². The van der Waals surface area contributed by atoms with Gasteiger partial charge in [-0.15, -0.1) is 0 Å². The molecule has 20 heavy (non-hydrogen) atoms. The van der Waals surface area contributed by atoms with Gasteiger partial charge in [0.25, 0.3) is 0 Å². The molecule has 3 rings (SSSR count). The highest BCUT2D eigenvalue weighted by atomic mass is 35.5. The Morgan fingerprint density at radius 3 is 2.90 bits per heavy atom. The minimum Gasteiger partial charge on any atom is -0.493 e. The first-order valence-electron chi connectivity index (χ1n) is 6.93. The molecule has 1 aliphatic heterocycles. The van der Waals surface area contributed by atoms with Crippen LogP contribution in [0.2, 0.25) is 5.02 Å². The lowest BCUT2D eigenvalue weighted by Crippen LogP contribution is -2.17. The molecule has 0 saturated carbocycles. The molecule has 1 unspecified atom stereocenters. The van der Waals surface area contributed by atoms with Gasteiger partial charge in [-0.05, 0) is 42.5 Å². The van der Waals surface area contributed by atoms with E-state index in [1.807, 2.05) is 19.1 Å². The van der Waals surface area contributed by atoms with Crippen molar-refractivity contribution >= 4 is 11.6 Å². The van der Waals surface area contributed by atoms with Crippen LogP contribution in [-0.2, 0) is 6.42 Å². The Kier molecular flexibility index (Phi) is 3.68. The zero-order valence-electron chi connectivity index (χ0n) is 11.5. The molecule has 0 amide bonds. The number of halogens is 1. The normalized spacial score (nSPS) is 15.3. The number of nitrogens with two attached hydrogens (primary N) is 1. The van der Waals surface area contributed by atoms with Crippen LogP contribution >= 0.6 is 11.6 Å². The van der Waals surface area contributed by atoms with Gasteiger partial charge in [-0.2, -0.15) is 0 Å². The molecule has 0 radical (unpaired) electrons. The van der Waals surface area contributed by atoms with E-state index in [1.54, 1.807) is 0 Å². The van der Waals surface area contributed by atoms with Crippen LogP contribution in [0.4, 0.5) is 0 Å². The lowest BCUT2D eigenvalue weighted by atomic mass is 9.93.